The van der Waals surface area contributed by atoms with Crippen molar-refractivity contribution in [1.82, 2.24) is 9.47 Å². The third-order valence-electron chi connectivity index (χ3n) is 6.52. The summed E-state index contributed by atoms with van der Waals surface area (Å²) in [4.78, 5) is 15.3. The summed E-state index contributed by atoms with van der Waals surface area (Å²) in [5.74, 6) is 0.143. The summed E-state index contributed by atoms with van der Waals surface area (Å²) in [6, 6.07) is 14.8. The fourth-order valence-electron chi connectivity index (χ4n) is 4.95. The zero-order valence-corrected chi connectivity index (χ0v) is 15.9. The lowest BCUT2D eigenvalue weighted by molar-refractivity contribution is -0.933. The number of aromatic nitrogens is 1. The van der Waals surface area contributed by atoms with Crippen LogP contribution in [0.3, 0.4) is 0 Å². The number of nitrogens with one attached hydrogen (secondary N) is 1. The van der Waals surface area contributed by atoms with Crippen LogP contribution in [-0.4, -0.2) is 65.7 Å². The second-order valence-corrected chi connectivity index (χ2v) is 8.05. The summed E-state index contributed by atoms with van der Waals surface area (Å²) in [7, 11) is 0. The standard InChI is InChI=1S/C22H26N4O/c1-2-25-20-6-4-3-5-18(20)19-15-17(7-8-21(19)25)23-22(27)16-26-12-9-24(10-13-26)11-14-26/h3-8,15H,2,9-14,16H2,1H3/p+1. The molecule has 5 heteroatoms. The van der Waals surface area contributed by atoms with Crippen LogP contribution in [0.15, 0.2) is 42.5 Å². The van der Waals surface area contributed by atoms with Crippen LogP contribution in [-0.2, 0) is 11.3 Å². The van der Waals surface area contributed by atoms with Crippen LogP contribution in [0.2, 0.25) is 0 Å². The molecule has 1 N–H and O–H groups in total. The third-order valence-corrected chi connectivity index (χ3v) is 6.52. The second kappa shape index (κ2) is 6.36. The first-order valence-electron chi connectivity index (χ1n) is 10.1. The number of hydrogen-bond donors (Lipinski definition) is 1. The largest absolute Gasteiger partial charge is 0.341 e. The van der Waals surface area contributed by atoms with Crippen molar-refractivity contribution >= 4 is 33.4 Å². The van der Waals surface area contributed by atoms with E-state index in [0.717, 1.165) is 56.0 Å². The zero-order chi connectivity index (χ0) is 18.4. The van der Waals surface area contributed by atoms with Gasteiger partial charge in [0.1, 0.15) is 0 Å². The molecule has 5 nitrogen and oxygen atoms in total. The summed E-state index contributed by atoms with van der Waals surface area (Å²) in [6.45, 7) is 10.4. The molecule has 6 rings (SSSR count). The molecule has 0 unspecified atom stereocenters. The molecule has 0 aliphatic carbocycles. The number of anilines is 1. The number of amides is 1. The van der Waals surface area contributed by atoms with Gasteiger partial charge < -0.3 is 14.4 Å². The number of piperazine rings is 3. The highest BCUT2D eigenvalue weighted by Gasteiger charge is 2.39. The number of nitrogens with zero attached hydrogens (tertiary/aromatic N) is 3. The molecular weight excluding hydrogens is 336 g/mol. The van der Waals surface area contributed by atoms with Gasteiger partial charge in [0.2, 0.25) is 0 Å². The van der Waals surface area contributed by atoms with Crippen molar-refractivity contribution in [3.8, 4) is 0 Å². The maximum atomic E-state index is 12.8. The van der Waals surface area contributed by atoms with Gasteiger partial charge in [0, 0.05) is 53.7 Å². The number of rotatable bonds is 4. The molecule has 0 atom stereocenters. The van der Waals surface area contributed by atoms with Gasteiger partial charge in [0.05, 0.1) is 19.6 Å². The summed E-state index contributed by atoms with van der Waals surface area (Å²) in [5.41, 5.74) is 3.38. The zero-order valence-electron chi connectivity index (χ0n) is 15.9. The normalized spacial score (nSPS) is 24.6. The molecule has 3 fully saturated rings. The van der Waals surface area contributed by atoms with E-state index in [1.165, 1.54) is 21.8 Å². The number of carbonyl (C=O) groups excluding carboxylic acids is 1. The summed E-state index contributed by atoms with van der Waals surface area (Å²) in [6.07, 6.45) is 0. The quantitative estimate of drug-likeness (QED) is 0.724. The van der Waals surface area contributed by atoms with Crippen LogP contribution in [0.5, 0.6) is 0 Å². The van der Waals surface area contributed by atoms with E-state index in [9.17, 15) is 4.79 Å². The number of fused-ring (bicyclic) bond motifs is 6. The topological polar surface area (TPSA) is 37.3 Å². The molecule has 2 aromatic carbocycles. The predicted molar refractivity (Wildman–Crippen MR) is 110 cm³/mol. The van der Waals surface area contributed by atoms with Crippen LogP contribution in [0.25, 0.3) is 21.8 Å². The van der Waals surface area contributed by atoms with E-state index in [1.807, 2.05) is 6.07 Å². The van der Waals surface area contributed by atoms with E-state index < -0.39 is 0 Å². The van der Waals surface area contributed by atoms with Gasteiger partial charge in [0.15, 0.2) is 6.54 Å². The Morgan fingerprint density at radius 3 is 2.44 bits per heavy atom. The van der Waals surface area contributed by atoms with Gasteiger partial charge in [0.25, 0.3) is 5.91 Å². The Morgan fingerprint density at radius 1 is 1.00 bits per heavy atom. The average Bonchev–Trinajstić information content (AvgIpc) is 3.02. The minimum Gasteiger partial charge on any atom is -0.341 e. The molecule has 2 bridgehead atoms. The van der Waals surface area contributed by atoms with Crippen LogP contribution >= 0.6 is 0 Å². The fourth-order valence-corrected chi connectivity index (χ4v) is 4.95. The molecular formula is C22H27N4O+. The lowest BCUT2D eigenvalue weighted by Crippen LogP contribution is -2.68. The fraction of sp³-hybridized carbons (Fsp3) is 0.409. The summed E-state index contributed by atoms with van der Waals surface area (Å²) < 4.78 is 3.29. The lowest BCUT2D eigenvalue weighted by atomic mass is 10.1. The number of hydrogen-bond acceptors (Lipinski definition) is 2. The van der Waals surface area contributed by atoms with E-state index in [1.54, 1.807) is 0 Å². The lowest BCUT2D eigenvalue weighted by Gasteiger charge is -2.50. The molecule has 0 radical (unpaired) electrons. The number of para-hydroxylation sites is 1. The van der Waals surface area contributed by atoms with E-state index in [2.05, 4.69) is 58.1 Å². The number of carbonyl (C=O) groups is 1. The highest BCUT2D eigenvalue weighted by Crippen LogP contribution is 2.31. The molecule has 3 aliphatic rings. The molecule has 0 saturated carbocycles. The molecule has 27 heavy (non-hydrogen) atoms. The Hall–Kier alpha value is -2.37. The third kappa shape index (κ3) is 2.82. The van der Waals surface area contributed by atoms with Gasteiger partial charge in [-0.25, -0.2) is 0 Å². The van der Waals surface area contributed by atoms with Crippen molar-refractivity contribution in [3.05, 3.63) is 42.5 Å². The Morgan fingerprint density at radius 2 is 1.70 bits per heavy atom. The summed E-state index contributed by atoms with van der Waals surface area (Å²) >= 11 is 0. The molecule has 3 aliphatic heterocycles. The monoisotopic (exact) mass is 363 g/mol. The highest BCUT2D eigenvalue weighted by atomic mass is 16.2. The van der Waals surface area contributed by atoms with Crippen LogP contribution in [0.4, 0.5) is 5.69 Å². The van der Waals surface area contributed by atoms with Crippen LogP contribution in [0, 0.1) is 0 Å². The maximum absolute atomic E-state index is 12.8. The van der Waals surface area contributed by atoms with Gasteiger partial charge in [-0.05, 0) is 31.2 Å². The molecule has 0 spiro atoms. The Bertz CT molecular complexity index is 1000. The van der Waals surface area contributed by atoms with Crippen LogP contribution < -0.4 is 5.32 Å². The minimum atomic E-state index is 0.143. The van der Waals surface area contributed by atoms with Gasteiger partial charge in [-0.2, -0.15) is 0 Å². The van der Waals surface area contributed by atoms with Gasteiger partial charge in [-0.1, -0.05) is 18.2 Å². The highest BCUT2D eigenvalue weighted by molar-refractivity contribution is 6.09. The summed E-state index contributed by atoms with van der Waals surface area (Å²) in [5, 5.41) is 5.63. The van der Waals surface area contributed by atoms with Crippen LogP contribution in [0.1, 0.15) is 6.92 Å². The average molecular weight is 363 g/mol. The van der Waals surface area contributed by atoms with Gasteiger partial charge in [-0.3, -0.25) is 9.69 Å². The Balaban J connectivity index is 1.42. The molecule has 4 heterocycles. The van der Waals surface area contributed by atoms with E-state index in [-0.39, 0.29) is 5.91 Å². The van der Waals surface area contributed by atoms with Crippen molar-refractivity contribution in [2.45, 2.75) is 13.5 Å². The predicted octanol–water partition coefficient (Wildman–Crippen LogP) is 2.90. The number of benzene rings is 2. The first kappa shape index (κ1) is 16.8. The second-order valence-electron chi connectivity index (χ2n) is 8.05. The van der Waals surface area contributed by atoms with Gasteiger partial charge in [-0.15, -0.1) is 0 Å². The van der Waals surface area contributed by atoms with Crippen molar-refractivity contribution in [3.63, 3.8) is 0 Å². The Kier molecular flexibility index (Phi) is 3.95. The smallest absolute Gasteiger partial charge is 0.279 e. The molecule has 140 valence electrons. The number of aryl methyl sites for hydroxylation is 1. The SMILES string of the molecule is CCn1c2ccccc2c2cc(NC(=O)C[N+]34CCN(CC3)CC4)ccc21. The first-order chi connectivity index (χ1) is 13.2. The van der Waals surface area contributed by atoms with E-state index >= 15 is 0 Å². The van der Waals surface area contributed by atoms with Crippen molar-refractivity contribution in [1.29, 1.82) is 0 Å². The van der Waals surface area contributed by atoms with E-state index in [0.29, 0.717) is 6.54 Å². The van der Waals surface area contributed by atoms with Crippen molar-refractivity contribution in [2.75, 3.05) is 51.1 Å². The Labute approximate surface area is 159 Å². The van der Waals surface area contributed by atoms with Crippen molar-refractivity contribution < 1.29 is 9.28 Å². The van der Waals surface area contributed by atoms with Crippen molar-refractivity contribution in [2.24, 2.45) is 0 Å². The minimum absolute atomic E-state index is 0.143. The molecule has 1 amide bonds. The molecule has 1 aromatic heterocycles. The van der Waals surface area contributed by atoms with E-state index in [4.69, 9.17) is 0 Å². The first-order valence-corrected chi connectivity index (χ1v) is 10.1. The number of quaternary nitrogens is 1. The molecule has 3 saturated heterocycles. The molecule has 3 aromatic rings. The maximum Gasteiger partial charge on any atom is 0.279 e. The van der Waals surface area contributed by atoms with Gasteiger partial charge >= 0.3 is 0 Å².